The maximum Gasteiger partial charge on any atom is 0.416 e. The number of aromatic nitrogens is 2. The van der Waals surface area contributed by atoms with E-state index in [1.54, 1.807) is 0 Å². The largest absolute Gasteiger partial charge is 0.416 e. The van der Waals surface area contributed by atoms with Gasteiger partial charge in [-0.05, 0) is 60.9 Å². The zero-order valence-electron chi connectivity index (χ0n) is 16.8. The van der Waals surface area contributed by atoms with Gasteiger partial charge < -0.3 is 11.5 Å². The number of benzene rings is 1. The lowest BCUT2D eigenvalue weighted by molar-refractivity contribution is -0.138. The Hall–Kier alpha value is -2.39. The molecule has 3 atom stereocenters. The standard InChI is InChI=1S/C21H26F3N5O/c1-2-13(28-10-16-15(9-25)17(16)11-28)7-12-3-4-14(8-18(12)21(22,23)24)29-6-5-19(26)27-20(29)30/h3-6,8,13,15-17H,2,7,9-11,25H2,1H3,(H2,26,27,30). The van der Waals surface area contributed by atoms with Gasteiger partial charge in [0.15, 0.2) is 0 Å². The van der Waals surface area contributed by atoms with Crippen LogP contribution in [-0.2, 0) is 12.6 Å². The van der Waals surface area contributed by atoms with Crippen molar-refractivity contribution >= 4 is 5.82 Å². The fraction of sp³-hybridized carbons (Fsp3) is 0.524. The molecule has 2 heterocycles. The average Bonchev–Trinajstić information content (AvgIpc) is 3.16. The van der Waals surface area contributed by atoms with Gasteiger partial charge in [-0.2, -0.15) is 18.2 Å². The molecule has 1 aliphatic heterocycles. The molecule has 0 bridgehead atoms. The van der Waals surface area contributed by atoms with Gasteiger partial charge in [-0.3, -0.25) is 9.47 Å². The first kappa shape index (κ1) is 20.9. The Labute approximate surface area is 172 Å². The van der Waals surface area contributed by atoms with E-state index in [0.29, 0.717) is 30.7 Å². The van der Waals surface area contributed by atoms with Gasteiger partial charge in [-0.25, -0.2) is 4.79 Å². The van der Waals surface area contributed by atoms with Gasteiger partial charge in [0.05, 0.1) is 11.3 Å². The van der Waals surface area contributed by atoms with E-state index >= 15 is 0 Å². The number of alkyl halides is 3. The van der Waals surface area contributed by atoms with Crippen molar-refractivity contribution in [3.8, 4) is 5.69 Å². The van der Waals surface area contributed by atoms with Crippen LogP contribution in [0, 0.1) is 17.8 Å². The zero-order valence-corrected chi connectivity index (χ0v) is 16.8. The Kier molecular flexibility index (Phi) is 5.36. The third kappa shape index (κ3) is 3.83. The summed E-state index contributed by atoms with van der Waals surface area (Å²) in [6.07, 6.45) is -2.11. The van der Waals surface area contributed by atoms with E-state index in [4.69, 9.17) is 11.5 Å². The van der Waals surface area contributed by atoms with Crippen molar-refractivity contribution in [2.45, 2.75) is 32.0 Å². The van der Waals surface area contributed by atoms with E-state index in [0.717, 1.165) is 30.1 Å². The Morgan fingerprint density at radius 2 is 1.93 bits per heavy atom. The molecule has 3 unspecified atom stereocenters. The Balaban J connectivity index is 1.60. The maximum atomic E-state index is 13.9. The van der Waals surface area contributed by atoms with E-state index in [2.05, 4.69) is 9.88 Å². The summed E-state index contributed by atoms with van der Waals surface area (Å²) in [5, 5.41) is 0. The number of rotatable bonds is 6. The molecule has 2 aromatic rings. The summed E-state index contributed by atoms with van der Waals surface area (Å²) in [5.74, 6) is 1.79. The van der Waals surface area contributed by atoms with Gasteiger partial charge in [0.2, 0.25) is 0 Å². The lowest BCUT2D eigenvalue weighted by Crippen LogP contribution is -2.37. The van der Waals surface area contributed by atoms with Crippen LogP contribution in [-0.4, -0.2) is 40.1 Å². The fourth-order valence-electron chi connectivity index (χ4n) is 4.88. The van der Waals surface area contributed by atoms with Crippen LogP contribution in [0.2, 0.25) is 0 Å². The van der Waals surface area contributed by atoms with Crippen molar-refractivity contribution in [3.63, 3.8) is 0 Å². The molecule has 1 aliphatic carbocycles. The molecule has 1 aromatic carbocycles. The van der Waals surface area contributed by atoms with Gasteiger partial charge >= 0.3 is 11.9 Å². The fourth-order valence-corrected chi connectivity index (χ4v) is 4.88. The first-order valence-corrected chi connectivity index (χ1v) is 10.2. The molecule has 1 saturated heterocycles. The Morgan fingerprint density at radius 1 is 1.23 bits per heavy atom. The van der Waals surface area contributed by atoms with E-state index in [-0.39, 0.29) is 23.1 Å². The number of anilines is 1. The van der Waals surface area contributed by atoms with E-state index < -0.39 is 17.4 Å². The van der Waals surface area contributed by atoms with E-state index in [9.17, 15) is 18.0 Å². The molecule has 162 valence electrons. The van der Waals surface area contributed by atoms with Gasteiger partial charge in [0, 0.05) is 25.3 Å². The van der Waals surface area contributed by atoms with Crippen molar-refractivity contribution in [1.29, 1.82) is 0 Å². The first-order chi connectivity index (χ1) is 14.2. The number of fused-ring (bicyclic) bond motifs is 1. The molecule has 4 rings (SSSR count). The summed E-state index contributed by atoms with van der Waals surface area (Å²) >= 11 is 0. The highest BCUT2D eigenvalue weighted by molar-refractivity contribution is 5.43. The van der Waals surface area contributed by atoms with Crippen LogP contribution in [0.25, 0.3) is 5.69 Å². The van der Waals surface area contributed by atoms with Crippen molar-refractivity contribution in [1.82, 2.24) is 14.5 Å². The van der Waals surface area contributed by atoms with Crippen LogP contribution < -0.4 is 17.2 Å². The zero-order chi connectivity index (χ0) is 21.6. The molecule has 1 saturated carbocycles. The molecule has 0 spiro atoms. The molecular weight excluding hydrogens is 395 g/mol. The third-order valence-electron chi connectivity index (χ3n) is 6.62. The molecule has 6 nitrogen and oxygen atoms in total. The summed E-state index contributed by atoms with van der Waals surface area (Å²) < 4.78 is 42.6. The SMILES string of the molecule is CCC(Cc1ccc(-n2ccc(N)nc2=O)cc1C(F)(F)F)N1CC2C(CN)C2C1. The summed E-state index contributed by atoms with van der Waals surface area (Å²) in [4.78, 5) is 17.9. The summed E-state index contributed by atoms with van der Waals surface area (Å²) in [6.45, 7) is 4.53. The van der Waals surface area contributed by atoms with Crippen molar-refractivity contribution < 1.29 is 13.2 Å². The third-order valence-corrected chi connectivity index (χ3v) is 6.62. The number of hydrogen-bond acceptors (Lipinski definition) is 5. The van der Waals surface area contributed by atoms with Crippen molar-refractivity contribution in [2.24, 2.45) is 23.5 Å². The summed E-state index contributed by atoms with van der Waals surface area (Å²) in [6, 6.07) is 5.45. The normalized spacial score (nSPS) is 24.6. The minimum Gasteiger partial charge on any atom is -0.383 e. The van der Waals surface area contributed by atoms with E-state index in [1.807, 2.05) is 6.92 Å². The molecule has 0 radical (unpaired) electrons. The summed E-state index contributed by atoms with van der Waals surface area (Å²) in [5.41, 5.74) is 10.2. The van der Waals surface area contributed by atoms with Crippen molar-refractivity contribution in [3.05, 3.63) is 52.1 Å². The number of hydrogen-bond donors (Lipinski definition) is 2. The number of nitrogen functional groups attached to an aromatic ring is 1. The molecular formula is C21H26F3N5O. The topological polar surface area (TPSA) is 90.2 Å². The minimum atomic E-state index is -4.52. The predicted molar refractivity (Wildman–Crippen MR) is 108 cm³/mol. The van der Waals surface area contributed by atoms with Crippen LogP contribution in [0.1, 0.15) is 24.5 Å². The predicted octanol–water partition coefficient (Wildman–Crippen LogP) is 2.29. The van der Waals surface area contributed by atoms with Gasteiger partial charge in [-0.15, -0.1) is 0 Å². The lowest BCUT2D eigenvalue weighted by atomic mass is 9.96. The number of likely N-dealkylation sites (tertiary alicyclic amines) is 1. The molecule has 2 fully saturated rings. The second-order valence-corrected chi connectivity index (χ2v) is 8.29. The monoisotopic (exact) mass is 421 g/mol. The first-order valence-electron chi connectivity index (χ1n) is 10.2. The highest BCUT2D eigenvalue weighted by Gasteiger charge is 2.55. The minimum absolute atomic E-state index is 0.0234. The smallest absolute Gasteiger partial charge is 0.383 e. The molecule has 2 aliphatic rings. The van der Waals surface area contributed by atoms with Gasteiger partial charge in [0.1, 0.15) is 5.82 Å². The van der Waals surface area contributed by atoms with Crippen molar-refractivity contribution in [2.75, 3.05) is 25.4 Å². The highest BCUT2D eigenvalue weighted by atomic mass is 19.4. The van der Waals surface area contributed by atoms with Crippen LogP contribution in [0.3, 0.4) is 0 Å². The Morgan fingerprint density at radius 3 is 2.50 bits per heavy atom. The average molecular weight is 421 g/mol. The highest BCUT2D eigenvalue weighted by Crippen LogP contribution is 2.51. The maximum absolute atomic E-state index is 13.9. The number of halogens is 3. The molecule has 9 heteroatoms. The second kappa shape index (κ2) is 7.70. The van der Waals surface area contributed by atoms with Crippen LogP contribution in [0.15, 0.2) is 35.3 Å². The van der Waals surface area contributed by atoms with E-state index in [1.165, 1.54) is 24.4 Å². The van der Waals surface area contributed by atoms with Crippen LogP contribution >= 0.6 is 0 Å². The van der Waals surface area contributed by atoms with Crippen LogP contribution in [0.4, 0.5) is 19.0 Å². The summed E-state index contributed by atoms with van der Waals surface area (Å²) in [7, 11) is 0. The number of nitrogens with two attached hydrogens (primary N) is 2. The lowest BCUT2D eigenvalue weighted by Gasteiger charge is -2.30. The quantitative estimate of drug-likeness (QED) is 0.747. The van der Waals surface area contributed by atoms with Crippen LogP contribution in [0.5, 0.6) is 0 Å². The molecule has 1 aromatic heterocycles. The molecule has 4 N–H and O–H groups in total. The van der Waals surface area contributed by atoms with Gasteiger partial charge in [-0.1, -0.05) is 13.0 Å². The second-order valence-electron chi connectivity index (χ2n) is 8.29. The molecule has 30 heavy (non-hydrogen) atoms. The Bertz CT molecular complexity index is 977. The molecule has 0 amide bonds. The number of nitrogens with zero attached hydrogens (tertiary/aromatic N) is 3. The number of piperidine rings is 1. The van der Waals surface area contributed by atoms with Gasteiger partial charge in [0.25, 0.3) is 0 Å².